The van der Waals surface area contributed by atoms with E-state index in [9.17, 15) is 4.79 Å². The maximum absolute atomic E-state index is 11.9. The summed E-state index contributed by atoms with van der Waals surface area (Å²) >= 11 is 0. The molecular formula is C22H28O3. The third-order valence-electron chi connectivity index (χ3n) is 3.97. The molecule has 0 amide bonds. The highest BCUT2D eigenvalue weighted by atomic mass is 16.5. The number of ether oxygens (including phenoxy) is 2. The normalized spacial score (nSPS) is 10.4. The number of carbonyl (C=O) groups is 1. The second-order valence-corrected chi connectivity index (χ2v) is 6.13. The van der Waals surface area contributed by atoms with Crippen LogP contribution in [0.4, 0.5) is 0 Å². The number of para-hydroxylation sites is 2. The second-order valence-electron chi connectivity index (χ2n) is 6.13. The lowest BCUT2D eigenvalue weighted by Gasteiger charge is -2.06. The summed E-state index contributed by atoms with van der Waals surface area (Å²) in [6.45, 7) is 1.39. The van der Waals surface area contributed by atoms with Crippen molar-refractivity contribution in [2.45, 2.75) is 44.9 Å². The minimum Gasteiger partial charge on any atom is -0.494 e. The van der Waals surface area contributed by atoms with Crippen LogP contribution in [0.3, 0.4) is 0 Å². The first-order valence-electron chi connectivity index (χ1n) is 9.22. The minimum atomic E-state index is 0.365. The van der Waals surface area contributed by atoms with Crippen molar-refractivity contribution in [3.05, 3.63) is 60.7 Å². The molecule has 2 aromatic rings. The van der Waals surface area contributed by atoms with E-state index in [2.05, 4.69) is 0 Å². The molecule has 0 N–H and O–H groups in total. The zero-order valence-corrected chi connectivity index (χ0v) is 14.9. The number of rotatable bonds is 13. The van der Waals surface area contributed by atoms with E-state index >= 15 is 0 Å². The Morgan fingerprint density at radius 2 is 1.04 bits per heavy atom. The minimum absolute atomic E-state index is 0.365. The Balaban J connectivity index is 1.39. The van der Waals surface area contributed by atoms with Crippen molar-refractivity contribution >= 4 is 5.78 Å². The second kappa shape index (κ2) is 12.1. The van der Waals surface area contributed by atoms with Gasteiger partial charge in [-0.25, -0.2) is 0 Å². The molecule has 0 aromatic heterocycles. The molecule has 0 aliphatic heterocycles. The van der Waals surface area contributed by atoms with Gasteiger partial charge < -0.3 is 9.47 Å². The Morgan fingerprint density at radius 3 is 1.56 bits per heavy atom. The van der Waals surface area contributed by atoms with Crippen LogP contribution in [0.15, 0.2) is 60.7 Å². The molecule has 3 heteroatoms. The summed E-state index contributed by atoms with van der Waals surface area (Å²) in [6.07, 6.45) is 6.16. The summed E-state index contributed by atoms with van der Waals surface area (Å²) < 4.78 is 11.3. The zero-order chi connectivity index (χ0) is 17.6. The van der Waals surface area contributed by atoms with E-state index in [1.165, 1.54) is 0 Å². The number of Topliss-reactive ketones (excluding diaryl/α,β-unsaturated/α-hetero) is 1. The number of carbonyl (C=O) groups excluding carboxylic acids is 1. The van der Waals surface area contributed by atoms with Crippen LogP contribution in [-0.4, -0.2) is 19.0 Å². The fraction of sp³-hybridized carbons (Fsp3) is 0.409. The van der Waals surface area contributed by atoms with Gasteiger partial charge in [0.05, 0.1) is 13.2 Å². The first-order chi connectivity index (χ1) is 12.3. The van der Waals surface area contributed by atoms with Crippen molar-refractivity contribution in [2.75, 3.05) is 13.2 Å². The van der Waals surface area contributed by atoms with Gasteiger partial charge in [-0.05, 0) is 56.4 Å². The number of unbranched alkanes of at least 4 members (excludes halogenated alkanes) is 3. The number of hydrogen-bond donors (Lipinski definition) is 0. The van der Waals surface area contributed by atoms with Crippen LogP contribution in [-0.2, 0) is 4.79 Å². The van der Waals surface area contributed by atoms with Gasteiger partial charge in [-0.2, -0.15) is 0 Å². The van der Waals surface area contributed by atoms with E-state index in [1.807, 2.05) is 60.7 Å². The quantitative estimate of drug-likeness (QED) is 0.455. The molecular weight excluding hydrogens is 312 g/mol. The summed E-state index contributed by atoms with van der Waals surface area (Å²) in [6, 6.07) is 19.6. The van der Waals surface area contributed by atoms with Gasteiger partial charge in [0.2, 0.25) is 0 Å². The fourth-order valence-electron chi connectivity index (χ4n) is 2.56. The molecule has 0 fully saturated rings. The Hall–Kier alpha value is -2.29. The molecule has 0 bridgehead atoms. The van der Waals surface area contributed by atoms with Crippen molar-refractivity contribution in [1.29, 1.82) is 0 Å². The van der Waals surface area contributed by atoms with Crippen LogP contribution in [0.2, 0.25) is 0 Å². The lowest BCUT2D eigenvalue weighted by atomic mass is 10.1. The topological polar surface area (TPSA) is 35.5 Å². The first-order valence-corrected chi connectivity index (χ1v) is 9.22. The summed E-state index contributed by atoms with van der Waals surface area (Å²) in [4.78, 5) is 11.9. The van der Waals surface area contributed by atoms with E-state index in [0.29, 0.717) is 25.2 Å². The van der Waals surface area contributed by atoms with Crippen molar-refractivity contribution in [3.8, 4) is 11.5 Å². The van der Waals surface area contributed by atoms with Gasteiger partial charge in [-0.1, -0.05) is 36.4 Å². The van der Waals surface area contributed by atoms with E-state index in [-0.39, 0.29) is 0 Å². The average molecular weight is 340 g/mol. The van der Waals surface area contributed by atoms with Gasteiger partial charge in [0.15, 0.2) is 0 Å². The molecule has 25 heavy (non-hydrogen) atoms. The molecule has 0 saturated carbocycles. The van der Waals surface area contributed by atoms with Gasteiger partial charge in [-0.3, -0.25) is 4.79 Å². The Kier molecular flexibility index (Phi) is 9.24. The zero-order valence-electron chi connectivity index (χ0n) is 14.9. The summed E-state index contributed by atoms with van der Waals surface area (Å²) in [5.41, 5.74) is 0. The highest BCUT2D eigenvalue weighted by molar-refractivity contribution is 5.78. The average Bonchev–Trinajstić information content (AvgIpc) is 2.66. The van der Waals surface area contributed by atoms with Crippen LogP contribution in [0.1, 0.15) is 44.9 Å². The lowest BCUT2D eigenvalue weighted by molar-refractivity contribution is -0.119. The molecule has 2 aromatic carbocycles. The number of ketones is 1. The molecule has 0 heterocycles. The van der Waals surface area contributed by atoms with Crippen LogP contribution in [0, 0.1) is 0 Å². The predicted molar refractivity (Wildman–Crippen MR) is 101 cm³/mol. The highest BCUT2D eigenvalue weighted by Gasteiger charge is 2.02. The largest absolute Gasteiger partial charge is 0.494 e. The SMILES string of the molecule is O=C(CCCCCOc1ccccc1)CCCCOc1ccccc1. The van der Waals surface area contributed by atoms with Gasteiger partial charge in [0.1, 0.15) is 17.3 Å². The van der Waals surface area contributed by atoms with Gasteiger partial charge in [0, 0.05) is 12.8 Å². The first kappa shape index (κ1) is 19.0. The Labute approximate surface area is 151 Å². The Morgan fingerprint density at radius 1 is 0.600 bits per heavy atom. The molecule has 0 spiro atoms. The van der Waals surface area contributed by atoms with Crippen LogP contribution in [0.5, 0.6) is 11.5 Å². The molecule has 0 atom stereocenters. The third kappa shape index (κ3) is 8.94. The van der Waals surface area contributed by atoms with E-state index < -0.39 is 0 Å². The fourth-order valence-corrected chi connectivity index (χ4v) is 2.56. The molecule has 2 rings (SSSR count). The molecule has 134 valence electrons. The van der Waals surface area contributed by atoms with Crippen molar-refractivity contribution < 1.29 is 14.3 Å². The third-order valence-corrected chi connectivity index (χ3v) is 3.97. The number of benzene rings is 2. The molecule has 0 aliphatic carbocycles. The molecule has 0 radical (unpaired) electrons. The van der Waals surface area contributed by atoms with Gasteiger partial charge >= 0.3 is 0 Å². The summed E-state index contributed by atoms with van der Waals surface area (Å²) in [5.74, 6) is 2.17. The monoisotopic (exact) mass is 340 g/mol. The maximum Gasteiger partial charge on any atom is 0.132 e. The van der Waals surface area contributed by atoms with Crippen LogP contribution >= 0.6 is 0 Å². The van der Waals surface area contributed by atoms with E-state index in [0.717, 1.165) is 50.2 Å². The number of hydrogen-bond acceptors (Lipinski definition) is 3. The lowest BCUT2D eigenvalue weighted by Crippen LogP contribution is -2.02. The van der Waals surface area contributed by atoms with Gasteiger partial charge in [-0.15, -0.1) is 0 Å². The van der Waals surface area contributed by atoms with Crippen molar-refractivity contribution in [1.82, 2.24) is 0 Å². The van der Waals surface area contributed by atoms with E-state index in [4.69, 9.17) is 9.47 Å². The maximum atomic E-state index is 11.9. The van der Waals surface area contributed by atoms with Gasteiger partial charge in [0.25, 0.3) is 0 Å². The smallest absolute Gasteiger partial charge is 0.132 e. The van der Waals surface area contributed by atoms with E-state index in [1.54, 1.807) is 0 Å². The predicted octanol–water partition coefficient (Wildman–Crippen LogP) is 5.44. The highest BCUT2D eigenvalue weighted by Crippen LogP contribution is 2.11. The molecule has 0 saturated heterocycles. The standard InChI is InChI=1S/C22H28O3/c23-20(13-9-11-19-25-22-16-7-2-8-17-22)12-4-3-10-18-24-21-14-5-1-6-15-21/h1-2,5-8,14-17H,3-4,9-13,18-19H2. The van der Waals surface area contributed by atoms with Crippen LogP contribution in [0.25, 0.3) is 0 Å². The Bertz CT molecular complexity index is 581. The summed E-state index contributed by atoms with van der Waals surface area (Å²) in [5, 5.41) is 0. The van der Waals surface area contributed by atoms with Crippen molar-refractivity contribution in [3.63, 3.8) is 0 Å². The molecule has 3 nitrogen and oxygen atoms in total. The molecule has 0 aliphatic rings. The summed E-state index contributed by atoms with van der Waals surface area (Å²) in [7, 11) is 0. The van der Waals surface area contributed by atoms with Crippen molar-refractivity contribution in [2.24, 2.45) is 0 Å². The molecule has 0 unspecified atom stereocenters. The van der Waals surface area contributed by atoms with Crippen LogP contribution < -0.4 is 9.47 Å².